The molecule has 31 heavy (non-hydrogen) atoms. The van der Waals surface area contributed by atoms with E-state index in [0.717, 1.165) is 6.07 Å². The molecule has 3 rings (SSSR count). The van der Waals surface area contributed by atoms with Crippen molar-refractivity contribution in [3.05, 3.63) is 52.6 Å². The van der Waals surface area contributed by atoms with E-state index < -0.39 is 14.9 Å². The third-order valence-corrected chi connectivity index (χ3v) is 6.83. The van der Waals surface area contributed by atoms with Crippen LogP contribution in [0.1, 0.15) is 0 Å². The first-order valence-electron chi connectivity index (χ1n) is 9.68. The van der Waals surface area contributed by atoms with E-state index in [1.165, 1.54) is 16.4 Å². The van der Waals surface area contributed by atoms with E-state index in [4.69, 9.17) is 14.2 Å². The van der Waals surface area contributed by atoms with Gasteiger partial charge in [-0.25, -0.2) is 8.42 Å². The summed E-state index contributed by atoms with van der Waals surface area (Å²) in [7, 11) is -0.672. The fourth-order valence-corrected chi connectivity index (χ4v) is 4.88. The number of rotatable bonds is 9. The van der Waals surface area contributed by atoms with Gasteiger partial charge >= 0.3 is 0 Å². The van der Waals surface area contributed by atoms with Crippen molar-refractivity contribution in [3.8, 4) is 11.5 Å². The monoisotopic (exact) mass is 451 g/mol. The third kappa shape index (κ3) is 5.24. The summed E-state index contributed by atoms with van der Waals surface area (Å²) >= 11 is 0. The van der Waals surface area contributed by atoms with E-state index in [9.17, 15) is 18.5 Å². The Morgan fingerprint density at radius 3 is 2.48 bits per heavy atom. The van der Waals surface area contributed by atoms with Gasteiger partial charge in [-0.3, -0.25) is 10.1 Å². The predicted molar refractivity (Wildman–Crippen MR) is 114 cm³/mol. The molecule has 11 heteroatoms. The average Bonchev–Trinajstić information content (AvgIpc) is 2.79. The lowest BCUT2D eigenvalue weighted by Crippen LogP contribution is -2.41. The quantitative estimate of drug-likeness (QED) is 0.421. The predicted octanol–water partition coefficient (Wildman–Crippen LogP) is 2.14. The van der Waals surface area contributed by atoms with Crippen LogP contribution in [0.15, 0.2) is 47.4 Å². The van der Waals surface area contributed by atoms with Crippen molar-refractivity contribution in [1.82, 2.24) is 4.31 Å². The van der Waals surface area contributed by atoms with Crippen LogP contribution in [0.4, 0.5) is 11.4 Å². The number of sulfonamides is 1. The van der Waals surface area contributed by atoms with Crippen LogP contribution in [-0.2, 0) is 14.8 Å². The number of nitro benzene ring substituents is 1. The maximum absolute atomic E-state index is 13.2. The van der Waals surface area contributed by atoms with Crippen molar-refractivity contribution in [2.45, 2.75) is 4.90 Å². The number of benzene rings is 2. The molecular weight excluding hydrogens is 426 g/mol. The second kappa shape index (κ2) is 9.94. The topological polar surface area (TPSA) is 111 Å². The molecule has 0 unspecified atom stereocenters. The first-order valence-corrected chi connectivity index (χ1v) is 11.1. The Morgan fingerprint density at radius 2 is 1.84 bits per heavy atom. The van der Waals surface area contributed by atoms with Crippen LogP contribution in [-0.4, -0.2) is 71.3 Å². The number of anilines is 1. The van der Waals surface area contributed by atoms with Crippen LogP contribution in [0.25, 0.3) is 0 Å². The van der Waals surface area contributed by atoms with Gasteiger partial charge in [0.2, 0.25) is 10.0 Å². The number of ether oxygens (including phenoxy) is 3. The average molecular weight is 452 g/mol. The summed E-state index contributed by atoms with van der Waals surface area (Å²) < 4.78 is 44.0. The number of hydrogen-bond donors (Lipinski definition) is 0. The Kier molecular flexibility index (Phi) is 7.31. The van der Waals surface area contributed by atoms with Crippen molar-refractivity contribution in [3.63, 3.8) is 0 Å². The van der Waals surface area contributed by atoms with Crippen molar-refractivity contribution in [2.24, 2.45) is 0 Å². The SMILES string of the molecule is COc1ccccc1OCCN(C)c1ccc([N+](=O)[O-])cc1S(=O)(=O)N1CCOCC1. The van der Waals surface area contributed by atoms with Crippen LogP contribution in [0.2, 0.25) is 0 Å². The van der Waals surface area contributed by atoms with Gasteiger partial charge in [0.15, 0.2) is 11.5 Å². The number of morpholine rings is 1. The molecule has 1 saturated heterocycles. The lowest BCUT2D eigenvalue weighted by atomic mass is 10.2. The molecule has 0 spiro atoms. The molecule has 2 aromatic carbocycles. The van der Waals surface area contributed by atoms with Crippen molar-refractivity contribution >= 4 is 21.4 Å². The van der Waals surface area contributed by atoms with Gasteiger partial charge in [-0.2, -0.15) is 4.31 Å². The maximum Gasteiger partial charge on any atom is 0.270 e. The molecule has 0 aliphatic carbocycles. The smallest absolute Gasteiger partial charge is 0.270 e. The van der Waals surface area contributed by atoms with E-state index in [1.54, 1.807) is 31.2 Å². The van der Waals surface area contributed by atoms with Gasteiger partial charge in [-0.1, -0.05) is 12.1 Å². The van der Waals surface area contributed by atoms with Gasteiger partial charge in [-0.05, 0) is 18.2 Å². The fraction of sp³-hybridized carbons (Fsp3) is 0.400. The summed E-state index contributed by atoms with van der Waals surface area (Å²) in [5.41, 5.74) is 0.0787. The zero-order chi connectivity index (χ0) is 22.4. The first kappa shape index (κ1) is 22.8. The van der Waals surface area contributed by atoms with Crippen molar-refractivity contribution in [1.29, 1.82) is 0 Å². The zero-order valence-electron chi connectivity index (χ0n) is 17.4. The third-order valence-electron chi connectivity index (χ3n) is 4.91. The van der Waals surface area contributed by atoms with Gasteiger partial charge in [-0.15, -0.1) is 0 Å². The van der Waals surface area contributed by atoms with Gasteiger partial charge in [0.05, 0.1) is 37.5 Å². The summed E-state index contributed by atoms with van der Waals surface area (Å²) in [6, 6.07) is 11.1. The summed E-state index contributed by atoms with van der Waals surface area (Å²) in [5.74, 6) is 1.17. The molecule has 2 aromatic rings. The molecule has 0 atom stereocenters. The highest BCUT2D eigenvalue weighted by Gasteiger charge is 2.31. The molecule has 0 amide bonds. The molecule has 0 saturated carbocycles. The van der Waals surface area contributed by atoms with Crippen LogP contribution in [0.3, 0.4) is 0 Å². The lowest BCUT2D eigenvalue weighted by Gasteiger charge is -2.29. The van der Waals surface area contributed by atoms with Gasteiger partial charge in [0, 0.05) is 32.3 Å². The molecule has 1 fully saturated rings. The second-order valence-corrected chi connectivity index (χ2v) is 8.75. The largest absolute Gasteiger partial charge is 0.493 e. The summed E-state index contributed by atoms with van der Waals surface area (Å²) in [6.45, 7) is 1.57. The lowest BCUT2D eigenvalue weighted by molar-refractivity contribution is -0.385. The minimum Gasteiger partial charge on any atom is -0.493 e. The van der Waals surface area contributed by atoms with Gasteiger partial charge in [0.25, 0.3) is 5.69 Å². The normalized spacial score (nSPS) is 14.8. The number of likely N-dealkylation sites (N-methyl/N-ethyl adjacent to an activating group) is 1. The fourth-order valence-electron chi connectivity index (χ4n) is 3.22. The minimum absolute atomic E-state index is 0.108. The summed E-state index contributed by atoms with van der Waals surface area (Å²) in [6.07, 6.45) is 0. The molecule has 10 nitrogen and oxygen atoms in total. The molecule has 1 aliphatic rings. The number of methoxy groups -OCH3 is 1. The Bertz CT molecular complexity index is 1020. The second-order valence-electron chi connectivity index (χ2n) is 6.85. The van der Waals surface area contributed by atoms with Gasteiger partial charge in [0.1, 0.15) is 11.5 Å². The van der Waals surface area contributed by atoms with E-state index >= 15 is 0 Å². The van der Waals surface area contributed by atoms with Crippen LogP contribution in [0, 0.1) is 10.1 Å². The van der Waals surface area contributed by atoms with E-state index in [-0.39, 0.29) is 43.5 Å². The number of non-ortho nitro benzene ring substituents is 1. The maximum atomic E-state index is 13.2. The molecular formula is C20H25N3O7S. The standard InChI is InChI=1S/C20H25N3O7S/c1-21(9-14-30-19-6-4-3-5-18(19)28-2)17-8-7-16(23(24)25)15-20(17)31(26,27)22-10-12-29-13-11-22/h3-8,15H,9-14H2,1-2H3. The Morgan fingerprint density at radius 1 is 1.16 bits per heavy atom. The number of hydrogen-bond acceptors (Lipinski definition) is 8. The molecule has 0 radical (unpaired) electrons. The highest BCUT2D eigenvalue weighted by Crippen LogP contribution is 2.32. The number of nitro groups is 1. The first-order chi connectivity index (χ1) is 14.8. The van der Waals surface area contributed by atoms with Crippen LogP contribution >= 0.6 is 0 Å². The Hall–Kier alpha value is -2.89. The molecule has 1 aliphatic heterocycles. The van der Waals surface area contributed by atoms with Crippen molar-refractivity contribution < 1.29 is 27.6 Å². The minimum atomic E-state index is -3.94. The number of para-hydroxylation sites is 2. The molecule has 0 aromatic heterocycles. The highest BCUT2D eigenvalue weighted by molar-refractivity contribution is 7.89. The summed E-state index contributed by atoms with van der Waals surface area (Å²) in [4.78, 5) is 12.2. The molecule has 0 bridgehead atoms. The van der Waals surface area contributed by atoms with Gasteiger partial charge < -0.3 is 19.1 Å². The molecule has 0 N–H and O–H groups in total. The van der Waals surface area contributed by atoms with E-state index in [1.807, 2.05) is 12.1 Å². The zero-order valence-corrected chi connectivity index (χ0v) is 18.2. The van der Waals surface area contributed by atoms with Crippen LogP contribution in [0.5, 0.6) is 11.5 Å². The Labute approximate surface area is 181 Å². The highest BCUT2D eigenvalue weighted by atomic mass is 32.2. The molecule has 1 heterocycles. The number of nitrogens with zero attached hydrogens (tertiary/aromatic N) is 3. The van der Waals surface area contributed by atoms with E-state index in [2.05, 4.69) is 0 Å². The Balaban J connectivity index is 1.83. The van der Waals surface area contributed by atoms with Crippen LogP contribution < -0.4 is 14.4 Å². The summed E-state index contributed by atoms with van der Waals surface area (Å²) in [5, 5.41) is 11.3. The van der Waals surface area contributed by atoms with E-state index in [0.29, 0.717) is 23.7 Å². The molecule has 168 valence electrons. The van der Waals surface area contributed by atoms with Crippen molar-refractivity contribution in [2.75, 3.05) is 58.5 Å².